The van der Waals surface area contributed by atoms with Crippen LogP contribution >= 0.6 is 0 Å². The number of carbonyl (C=O) groups is 2. The smallest absolute Gasteiger partial charge is 0.306 e. The fraction of sp³-hybridized carbons (Fsp3) is 0.857. The molecule has 1 amide bonds. The van der Waals surface area contributed by atoms with Gasteiger partial charge in [0.2, 0.25) is 5.91 Å². The zero-order chi connectivity index (χ0) is 14.5. The molecule has 1 aliphatic rings. The molecule has 1 unspecified atom stereocenters. The first kappa shape index (κ1) is 16.0. The summed E-state index contributed by atoms with van der Waals surface area (Å²) in [6.45, 7) is 8.26. The van der Waals surface area contributed by atoms with Gasteiger partial charge in [-0.3, -0.25) is 9.59 Å². The highest BCUT2D eigenvalue weighted by Crippen LogP contribution is 2.16. The van der Waals surface area contributed by atoms with Gasteiger partial charge < -0.3 is 15.0 Å². The van der Waals surface area contributed by atoms with Crippen LogP contribution in [0.1, 0.15) is 40.0 Å². The summed E-state index contributed by atoms with van der Waals surface area (Å²) in [5.74, 6) is -0.0897. The summed E-state index contributed by atoms with van der Waals surface area (Å²) in [7, 11) is 1.41. The van der Waals surface area contributed by atoms with Crippen LogP contribution in [0.25, 0.3) is 0 Å². The number of amides is 1. The maximum Gasteiger partial charge on any atom is 0.306 e. The predicted molar refractivity (Wildman–Crippen MR) is 73.7 cm³/mol. The SMILES string of the molecule is COC(=O)CCN1CCCC(NC(=O)C(C)(C)C)C1. The van der Waals surface area contributed by atoms with Gasteiger partial charge in [-0.1, -0.05) is 20.8 Å². The second kappa shape index (κ2) is 6.89. The van der Waals surface area contributed by atoms with Crippen molar-refractivity contribution in [3.8, 4) is 0 Å². The van der Waals surface area contributed by atoms with E-state index in [1.54, 1.807) is 0 Å². The van der Waals surface area contributed by atoms with Gasteiger partial charge in [-0.25, -0.2) is 0 Å². The van der Waals surface area contributed by atoms with Crippen molar-refractivity contribution in [3.05, 3.63) is 0 Å². The van der Waals surface area contributed by atoms with Gasteiger partial charge >= 0.3 is 5.97 Å². The van der Waals surface area contributed by atoms with Gasteiger partial charge in [-0.2, -0.15) is 0 Å². The Balaban J connectivity index is 2.38. The lowest BCUT2D eigenvalue weighted by Crippen LogP contribution is -2.50. The molecule has 1 fully saturated rings. The highest BCUT2D eigenvalue weighted by molar-refractivity contribution is 5.81. The summed E-state index contributed by atoms with van der Waals surface area (Å²) in [5.41, 5.74) is -0.353. The van der Waals surface area contributed by atoms with Gasteiger partial charge in [0.15, 0.2) is 0 Å². The molecule has 110 valence electrons. The number of likely N-dealkylation sites (tertiary alicyclic amines) is 1. The molecule has 1 atom stereocenters. The molecule has 19 heavy (non-hydrogen) atoms. The van der Waals surface area contributed by atoms with E-state index in [-0.39, 0.29) is 23.3 Å². The molecule has 0 bridgehead atoms. The van der Waals surface area contributed by atoms with Crippen LogP contribution in [0.4, 0.5) is 0 Å². The first-order chi connectivity index (χ1) is 8.82. The van der Waals surface area contributed by atoms with E-state index in [1.165, 1.54) is 7.11 Å². The molecule has 0 saturated carbocycles. The predicted octanol–water partition coefficient (Wildman–Crippen LogP) is 1.18. The maximum absolute atomic E-state index is 11.9. The number of piperidine rings is 1. The second-order valence-corrected chi connectivity index (χ2v) is 6.19. The lowest BCUT2D eigenvalue weighted by molar-refractivity contribution is -0.141. The van der Waals surface area contributed by atoms with Crippen LogP contribution in [0.2, 0.25) is 0 Å². The summed E-state index contributed by atoms with van der Waals surface area (Å²) in [5, 5.41) is 3.09. The Morgan fingerprint density at radius 2 is 2.05 bits per heavy atom. The summed E-state index contributed by atoms with van der Waals surface area (Å²) >= 11 is 0. The number of methoxy groups -OCH3 is 1. The van der Waals surface area contributed by atoms with E-state index in [0.717, 1.165) is 25.9 Å². The topological polar surface area (TPSA) is 58.6 Å². The summed E-state index contributed by atoms with van der Waals surface area (Å²) in [6, 6.07) is 0.193. The van der Waals surface area contributed by atoms with Crippen molar-refractivity contribution in [1.29, 1.82) is 0 Å². The maximum atomic E-state index is 11.9. The molecule has 5 heteroatoms. The van der Waals surface area contributed by atoms with Crippen LogP contribution in [0.15, 0.2) is 0 Å². The van der Waals surface area contributed by atoms with E-state index in [9.17, 15) is 9.59 Å². The molecule has 1 saturated heterocycles. The molecular weight excluding hydrogens is 244 g/mol. The zero-order valence-corrected chi connectivity index (χ0v) is 12.5. The van der Waals surface area contributed by atoms with Gasteiger partial charge in [0, 0.05) is 24.5 Å². The molecule has 1 aliphatic heterocycles. The van der Waals surface area contributed by atoms with Gasteiger partial charge in [0.1, 0.15) is 0 Å². The third-order valence-corrected chi connectivity index (χ3v) is 3.38. The molecule has 0 spiro atoms. The van der Waals surface area contributed by atoms with Gasteiger partial charge in [-0.05, 0) is 19.4 Å². The highest BCUT2D eigenvalue weighted by atomic mass is 16.5. The van der Waals surface area contributed by atoms with Crippen LogP contribution in [0, 0.1) is 5.41 Å². The molecule has 1 rings (SSSR count). The zero-order valence-electron chi connectivity index (χ0n) is 12.5. The van der Waals surface area contributed by atoms with Crippen molar-refractivity contribution in [2.45, 2.75) is 46.1 Å². The summed E-state index contributed by atoms with van der Waals surface area (Å²) in [4.78, 5) is 25.3. The third kappa shape index (κ3) is 5.59. The van der Waals surface area contributed by atoms with E-state index in [4.69, 9.17) is 0 Å². The monoisotopic (exact) mass is 270 g/mol. The largest absolute Gasteiger partial charge is 0.469 e. The van der Waals surface area contributed by atoms with Crippen LogP contribution in [0.5, 0.6) is 0 Å². The number of nitrogens with zero attached hydrogens (tertiary/aromatic N) is 1. The molecule has 0 aromatic heterocycles. The fourth-order valence-electron chi connectivity index (χ4n) is 2.13. The molecular formula is C14H26N2O3. The van der Waals surface area contributed by atoms with Crippen molar-refractivity contribution in [3.63, 3.8) is 0 Å². The highest BCUT2D eigenvalue weighted by Gasteiger charge is 2.27. The normalized spacial score (nSPS) is 20.9. The van der Waals surface area contributed by atoms with E-state index in [0.29, 0.717) is 13.0 Å². The number of nitrogens with one attached hydrogen (secondary N) is 1. The second-order valence-electron chi connectivity index (χ2n) is 6.19. The van der Waals surface area contributed by atoms with Crippen LogP contribution in [-0.4, -0.2) is 49.6 Å². The number of carbonyl (C=O) groups excluding carboxylic acids is 2. The molecule has 0 radical (unpaired) electrons. The molecule has 0 aliphatic carbocycles. The molecule has 1 N–H and O–H groups in total. The summed E-state index contributed by atoms with van der Waals surface area (Å²) in [6.07, 6.45) is 2.48. The Bertz CT molecular complexity index is 323. The quantitative estimate of drug-likeness (QED) is 0.779. The van der Waals surface area contributed by atoms with Crippen molar-refractivity contribution >= 4 is 11.9 Å². The average Bonchev–Trinajstić information content (AvgIpc) is 2.35. The van der Waals surface area contributed by atoms with Gasteiger partial charge in [-0.15, -0.1) is 0 Å². The Morgan fingerprint density at radius 3 is 2.63 bits per heavy atom. The standard InChI is InChI=1S/C14H26N2O3/c1-14(2,3)13(18)15-11-6-5-8-16(10-11)9-7-12(17)19-4/h11H,5-10H2,1-4H3,(H,15,18). The molecule has 0 aromatic rings. The van der Waals surface area contributed by atoms with Crippen molar-refractivity contribution in [1.82, 2.24) is 10.2 Å². The van der Waals surface area contributed by atoms with E-state index in [1.807, 2.05) is 20.8 Å². The van der Waals surface area contributed by atoms with Crippen molar-refractivity contribution < 1.29 is 14.3 Å². The molecule has 1 heterocycles. The Kier molecular flexibility index (Phi) is 5.79. The van der Waals surface area contributed by atoms with Gasteiger partial charge in [0.05, 0.1) is 13.5 Å². The lowest BCUT2D eigenvalue weighted by atomic mass is 9.94. The average molecular weight is 270 g/mol. The lowest BCUT2D eigenvalue weighted by Gasteiger charge is -2.34. The van der Waals surface area contributed by atoms with Crippen LogP contribution in [-0.2, 0) is 14.3 Å². The first-order valence-electron chi connectivity index (χ1n) is 6.93. The van der Waals surface area contributed by atoms with Crippen molar-refractivity contribution in [2.75, 3.05) is 26.7 Å². The number of rotatable bonds is 4. The van der Waals surface area contributed by atoms with E-state index in [2.05, 4.69) is 15.0 Å². The minimum atomic E-state index is -0.353. The minimum absolute atomic E-state index is 0.0901. The number of hydrogen-bond donors (Lipinski definition) is 1. The Labute approximate surface area is 115 Å². The number of hydrogen-bond acceptors (Lipinski definition) is 4. The third-order valence-electron chi connectivity index (χ3n) is 3.38. The number of ether oxygens (including phenoxy) is 1. The number of esters is 1. The van der Waals surface area contributed by atoms with Gasteiger partial charge in [0.25, 0.3) is 0 Å². The van der Waals surface area contributed by atoms with Crippen molar-refractivity contribution in [2.24, 2.45) is 5.41 Å². The van der Waals surface area contributed by atoms with Crippen LogP contribution in [0.3, 0.4) is 0 Å². The van der Waals surface area contributed by atoms with Crippen LogP contribution < -0.4 is 5.32 Å². The summed E-state index contributed by atoms with van der Waals surface area (Å²) < 4.78 is 4.64. The Hall–Kier alpha value is -1.10. The Morgan fingerprint density at radius 1 is 1.37 bits per heavy atom. The first-order valence-corrected chi connectivity index (χ1v) is 6.93. The minimum Gasteiger partial charge on any atom is -0.469 e. The molecule has 5 nitrogen and oxygen atoms in total. The fourth-order valence-corrected chi connectivity index (χ4v) is 2.13. The molecule has 0 aromatic carbocycles. The van der Waals surface area contributed by atoms with E-state index < -0.39 is 0 Å². The van der Waals surface area contributed by atoms with E-state index >= 15 is 0 Å².